The Bertz CT molecular complexity index is 733. The molecule has 0 bridgehead atoms. The molecule has 1 N–H and O–H groups in total. The second kappa shape index (κ2) is 7.52. The maximum Gasteiger partial charge on any atom is 0.255 e. The summed E-state index contributed by atoms with van der Waals surface area (Å²) >= 11 is 7.59. The summed E-state index contributed by atoms with van der Waals surface area (Å²) in [6.45, 7) is 1.60. The van der Waals surface area contributed by atoms with Gasteiger partial charge >= 0.3 is 0 Å². The molecular weight excluding hydrogens is 338 g/mol. The molecule has 0 aliphatic carbocycles. The number of aromatic nitrogens is 1. The van der Waals surface area contributed by atoms with Gasteiger partial charge in [-0.15, -0.1) is 11.8 Å². The van der Waals surface area contributed by atoms with Gasteiger partial charge in [-0.25, -0.2) is 0 Å². The van der Waals surface area contributed by atoms with Gasteiger partial charge in [0.2, 0.25) is 5.91 Å². The first kappa shape index (κ1) is 17.4. The second-order valence-electron chi connectivity index (χ2n) is 4.88. The van der Waals surface area contributed by atoms with Crippen molar-refractivity contribution in [2.24, 2.45) is 0 Å². The largest absolute Gasteiger partial charge is 0.360 e. The van der Waals surface area contributed by atoms with Gasteiger partial charge in [0, 0.05) is 18.0 Å². The van der Waals surface area contributed by atoms with Crippen LogP contribution in [0.15, 0.2) is 33.7 Å². The first-order valence-corrected chi connectivity index (χ1v) is 8.33. The van der Waals surface area contributed by atoms with Crippen molar-refractivity contribution in [2.75, 3.05) is 25.2 Å². The summed E-state index contributed by atoms with van der Waals surface area (Å²) in [5.41, 5.74) is 0.367. The van der Waals surface area contributed by atoms with E-state index in [2.05, 4.69) is 10.5 Å². The first-order valence-electron chi connectivity index (χ1n) is 6.73. The zero-order valence-corrected chi connectivity index (χ0v) is 14.5. The molecule has 122 valence electrons. The van der Waals surface area contributed by atoms with Crippen molar-refractivity contribution < 1.29 is 14.1 Å². The zero-order chi connectivity index (χ0) is 17.0. The van der Waals surface area contributed by atoms with Crippen molar-refractivity contribution in [3.05, 3.63) is 40.6 Å². The first-order chi connectivity index (χ1) is 10.9. The number of thioether (sulfide) groups is 1. The van der Waals surface area contributed by atoms with E-state index in [1.54, 1.807) is 25.1 Å². The number of nitrogens with zero attached hydrogens (tertiary/aromatic N) is 2. The fourth-order valence-corrected chi connectivity index (χ4v) is 2.53. The monoisotopic (exact) mass is 353 g/mol. The minimum absolute atomic E-state index is 0.120. The van der Waals surface area contributed by atoms with Gasteiger partial charge in [-0.3, -0.25) is 9.59 Å². The number of amides is 2. The number of likely N-dealkylation sites (N-methyl/N-ethyl adjacent to an activating group) is 1. The molecule has 6 nitrogen and oxygen atoms in total. The van der Waals surface area contributed by atoms with Crippen molar-refractivity contribution in [3.63, 3.8) is 0 Å². The lowest BCUT2D eigenvalue weighted by atomic mass is 10.2. The van der Waals surface area contributed by atoms with E-state index < -0.39 is 0 Å². The van der Waals surface area contributed by atoms with Crippen LogP contribution in [0.5, 0.6) is 0 Å². The SMILES string of the molecule is CSc1ccc(Cl)c(C(=O)N(C)CC(=O)Nc2cc(C)on2)c1. The van der Waals surface area contributed by atoms with Crippen molar-refractivity contribution in [2.45, 2.75) is 11.8 Å². The molecule has 1 heterocycles. The van der Waals surface area contributed by atoms with E-state index in [1.807, 2.05) is 12.3 Å². The summed E-state index contributed by atoms with van der Waals surface area (Å²) in [6.07, 6.45) is 1.91. The highest BCUT2D eigenvalue weighted by molar-refractivity contribution is 7.98. The van der Waals surface area contributed by atoms with Crippen LogP contribution in [0.3, 0.4) is 0 Å². The Labute approximate surface area is 143 Å². The molecule has 0 aliphatic rings. The summed E-state index contributed by atoms with van der Waals surface area (Å²) in [5.74, 6) is 0.213. The number of nitrogens with one attached hydrogen (secondary N) is 1. The average molecular weight is 354 g/mol. The van der Waals surface area contributed by atoms with E-state index in [1.165, 1.54) is 23.7 Å². The molecule has 0 spiro atoms. The number of benzene rings is 1. The lowest BCUT2D eigenvalue weighted by Crippen LogP contribution is -2.35. The molecule has 23 heavy (non-hydrogen) atoms. The van der Waals surface area contributed by atoms with Gasteiger partial charge in [-0.05, 0) is 31.4 Å². The molecule has 2 amide bonds. The summed E-state index contributed by atoms with van der Waals surface area (Å²) < 4.78 is 4.86. The lowest BCUT2D eigenvalue weighted by molar-refractivity contribution is -0.116. The van der Waals surface area contributed by atoms with Gasteiger partial charge in [0.05, 0.1) is 17.1 Å². The predicted octanol–water partition coefficient (Wildman–Crippen LogP) is 3.07. The van der Waals surface area contributed by atoms with Crippen LogP contribution in [0.1, 0.15) is 16.1 Å². The topological polar surface area (TPSA) is 75.4 Å². The minimum atomic E-state index is -0.369. The van der Waals surface area contributed by atoms with E-state index >= 15 is 0 Å². The van der Waals surface area contributed by atoms with Crippen LogP contribution in [0.4, 0.5) is 5.82 Å². The van der Waals surface area contributed by atoms with Crippen LogP contribution in [0.25, 0.3) is 0 Å². The number of anilines is 1. The summed E-state index contributed by atoms with van der Waals surface area (Å²) in [4.78, 5) is 26.6. The van der Waals surface area contributed by atoms with E-state index in [0.29, 0.717) is 22.2 Å². The van der Waals surface area contributed by atoms with Gasteiger partial charge in [0.15, 0.2) is 5.82 Å². The third kappa shape index (κ3) is 4.49. The predicted molar refractivity (Wildman–Crippen MR) is 90.1 cm³/mol. The fraction of sp³-hybridized carbons (Fsp3) is 0.267. The minimum Gasteiger partial charge on any atom is -0.360 e. The highest BCUT2D eigenvalue weighted by Crippen LogP contribution is 2.24. The number of hydrogen-bond donors (Lipinski definition) is 1. The zero-order valence-electron chi connectivity index (χ0n) is 12.9. The highest BCUT2D eigenvalue weighted by atomic mass is 35.5. The molecule has 0 aliphatic heterocycles. The van der Waals surface area contributed by atoms with Gasteiger partial charge in [0.1, 0.15) is 5.76 Å². The lowest BCUT2D eigenvalue weighted by Gasteiger charge is -2.17. The van der Waals surface area contributed by atoms with E-state index in [9.17, 15) is 9.59 Å². The van der Waals surface area contributed by atoms with Crippen molar-refractivity contribution in [1.29, 1.82) is 0 Å². The fourth-order valence-electron chi connectivity index (χ4n) is 1.90. The Hall–Kier alpha value is -1.99. The molecule has 0 saturated heterocycles. The highest BCUT2D eigenvalue weighted by Gasteiger charge is 2.18. The number of hydrogen-bond acceptors (Lipinski definition) is 5. The standard InChI is InChI=1S/C15H16ClN3O3S/c1-9-6-13(18-22-9)17-14(20)8-19(2)15(21)11-7-10(23-3)4-5-12(11)16/h4-7H,8H2,1-3H3,(H,17,18,20). The maximum atomic E-state index is 12.4. The van der Waals surface area contributed by atoms with E-state index in [-0.39, 0.29) is 18.4 Å². The van der Waals surface area contributed by atoms with Gasteiger partial charge in [-0.1, -0.05) is 16.8 Å². The van der Waals surface area contributed by atoms with Gasteiger partial charge < -0.3 is 14.7 Å². The van der Waals surface area contributed by atoms with Crippen LogP contribution >= 0.6 is 23.4 Å². The molecule has 0 radical (unpaired) electrons. The number of halogens is 1. The van der Waals surface area contributed by atoms with Crippen LogP contribution < -0.4 is 5.32 Å². The van der Waals surface area contributed by atoms with Crippen LogP contribution in [0, 0.1) is 6.92 Å². The van der Waals surface area contributed by atoms with Gasteiger partial charge in [-0.2, -0.15) is 0 Å². The van der Waals surface area contributed by atoms with E-state index in [0.717, 1.165) is 4.90 Å². The number of carbonyl (C=O) groups is 2. The van der Waals surface area contributed by atoms with Crippen LogP contribution in [-0.2, 0) is 4.79 Å². The molecule has 0 unspecified atom stereocenters. The Kier molecular flexibility index (Phi) is 5.68. The summed E-state index contributed by atoms with van der Waals surface area (Å²) in [7, 11) is 1.54. The van der Waals surface area contributed by atoms with Gasteiger partial charge in [0.25, 0.3) is 5.91 Å². The quantitative estimate of drug-likeness (QED) is 0.836. The maximum absolute atomic E-state index is 12.4. The Morgan fingerprint density at radius 1 is 1.39 bits per heavy atom. The van der Waals surface area contributed by atoms with E-state index in [4.69, 9.17) is 16.1 Å². The Morgan fingerprint density at radius 2 is 2.13 bits per heavy atom. The number of rotatable bonds is 5. The molecule has 0 fully saturated rings. The molecule has 1 aromatic carbocycles. The molecule has 0 atom stereocenters. The second-order valence-corrected chi connectivity index (χ2v) is 6.16. The molecule has 1 aromatic heterocycles. The smallest absolute Gasteiger partial charge is 0.255 e. The summed E-state index contributed by atoms with van der Waals surface area (Å²) in [6, 6.07) is 6.82. The average Bonchev–Trinajstić information content (AvgIpc) is 2.91. The molecule has 2 rings (SSSR count). The Balaban J connectivity index is 2.03. The van der Waals surface area contributed by atoms with Crippen molar-refractivity contribution in [3.8, 4) is 0 Å². The van der Waals surface area contributed by atoms with Crippen molar-refractivity contribution in [1.82, 2.24) is 10.1 Å². The molecule has 8 heteroatoms. The van der Waals surface area contributed by atoms with Crippen LogP contribution in [-0.4, -0.2) is 41.7 Å². The Morgan fingerprint density at radius 3 is 2.74 bits per heavy atom. The molecule has 2 aromatic rings. The third-order valence-electron chi connectivity index (χ3n) is 3.03. The van der Waals surface area contributed by atoms with Crippen LogP contribution in [0.2, 0.25) is 5.02 Å². The molecular formula is C15H16ClN3O3S. The third-order valence-corrected chi connectivity index (χ3v) is 4.08. The normalized spacial score (nSPS) is 10.4. The number of aryl methyl sites for hydroxylation is 1. The summed E-state index contributed by atoms with van der Waals surface area (Å²) in [5, 5.41) is 6.58. The molecule has 0 saturated carbocycles. The number of carbonyl (C=O) groups excluding carboxylic acids is 2. The van der Waals surface area contributed by atoms with Crippen molar-refractivity contribution >= 4 is 41.0 Å².